The Labute approximate surface area is 115 Å². The number of nitrogens with zero attached hydrogens (tertiary/aromatic N) is 1. The molecule has 0 N–H and O–H groups in total. The van der Waals surface area contributed by atoms with Gasteiger partial charge in [0.15, 0.2) is 0 Å². The highest BCUT2D eigenvalue weighted by Gasteiger charge is 2.32. The molecule has 3 unspecified atom stereocenters. The molecule has 1 aromatic heterocycles. The van der Waals surface area contributed by atoms with Crippen molar-refractivity contribution in [2.45, 2.75) is 46.1 Å². The van der Waals surface area contributed by atoms with Gasteiger partial charge in [0.05, 0.1) is 0 Å². The van der Waals surface area contributed by atoms with Crippen LogP contribution < -0.4 is 4.74 Å². The Hall–Kier alpha value is -0.760. The van der Waals surface area contributed by atoms with Crippen molar-refractivity contribution in [1.82, 2.24) is 4.98 Å². The molecule has 0 radical (unpaired) electrons. The number of aromatic nitrogens is 1. The molecular weight excluding hydrogens is 246 g/mol. The van der Waals surface area contributed by atoms with Crippen LogP contribution in [0.3, 0.4) is 0 Å². The number of pyridine rings is 1. The first-order valence-corrected chi connectivity index (χ1v) is 7.22. The summed E-state index contributed by atoms with van der Waals surface area (Å²) in [5.74, 6) is 2.91. The SMILES string of the molecule is CC1CCC(C(C)C)C(Oc2ccnc(Cl)c2)C1. The Morgan fingerprint density at radius 2 is 2.17 bits per heavy atom. The average Bonchev–Trinajstić information content (AvgIpc) is 2.28. The average molecular weight is 268 g/mol. The summed E-state index contributed by atoms with van der Waals surface area (Å²) in [6.07, 6.45) is 5.74. The lowest BCUT2D eigenvalue weighted by Gasteiger charge is -2.37. The summed E-state index contributed by atoms with van der Waals surface area (Å²) < 4.78 is 6.16. The van der Waals surface area contributed by atoms with Gasteiger partial charge in [-0.15, -0.1) is 0 Å². The molecule has 1 aliphatic rings. The number of rotatable bonds is 3. The second-order valence-corrected chi connectivity index (χ2v) is 6.18. The zero-order chi connectivity index (χ0) is 13.1. The van der Waals surface area contributed by atoms with Gasteiger partial charge in [0.2, 0.25) is 0 Å². The lowest BCUT2D eigenvalue weighted by atomic mass is 9.75. The van der Waals surface area contributed by atoms with Crippen molar-refractivity contribution in [1.29, 1.82) is 0 Å². The summed E-state index contributed by atoms with van der Waals surface area (Å²) in [4.78, 5) is 3.99. The van der Waals surface area contributed by atoms with Gasteiger partial charge in [-0.2, -0.15) is 0 Å². The minimum absolute atomic E-state index is 0.312. The maximum Gasteiger partial charge on any atom is 0.132 e. The van der Waals surface area contributed by atoms with E-state index in [0.717, 1.165) is 18.1 Å². The highest BCUT2D eigenvalue weighted by molar-refractivity contribution is 6.29. The van der Waals surface area contributed by atoms with Gasteiger partial charge in [-0.25, -0.2) is 4.98 Å². The maximum absolute atomic E-state index is 6.16. The number of hydrogen-bond donors (Lipinski definition) is 0. The second kappa shape index (κ2) is 5.92. The smallest absolute Gasteiger partial charge is 0.132 e. The topological polar surface area (TPSA) is 22.1 Å². The Morgan fingerprint density at radius 3 is 2.83 bits per heavy atom. The van der Waals surface area contributed by atoms with Crippen LogP contribution in [0.1, 0.15) is 40.0 Å². The molecule has 18 heavy (non-hydrogen) atoms. The van der Waals surface area contributed by atoms with Crippen molar-refractivity contribution in [3.8, 4) is 5.75 Å². The molecular formula is C15H22ClNO. The molecule has 1 heterocycles. The predicted molar refractivity (Wildman–Crippen MR) is 75.0 cm³/mol. The molecule has 3 heteroatoms. The third kappa shape index (κ3) is 3.38. The van der Waals surface area contributed by atoms with E-state index in [0.29, 0.717) is 23.1 Å². The van der Waals surface area contributed by atoms with Crippen LogP contribution >= 0.6 is 11.6 Å². The highest BCUT2D eigenvalue weighted by Crippen LogP contribution is 2.36. The van der Waals surface area contributed by atoms with Crippen LogP contribution in [0, 0.1) is 17.8 Å². The first-order chi connectivity index (χ1) is 8.56. The minimum Gasteiger partial charge on any atom is -0.490 e. The molecule has 0 spiro atoms. The third-order valence-electron chi connectivity index (χ3n) is 3.95. The van der Waals surface area contributed by atoms with E-state index in [1.54, 1.807) is 12.3 Å². The fourth-order valence-electron chi connectivity index (χ4n) is 2.88. The van der Waals surface area contributed by atoms with E-state index in [9.17, 15) is 0 Å². The molecule has 0 bridgehead atoms. The quantitative estimate of drug-likeness (QED) is 0.748. The van der Waals surface area contributed by atoms with E-state index < -0.39 is 0 Å². The van der Waals surface area contributed by atoms with Crippen molar-refractivity contribution in [2.75, 3.05) is 0 Å². The molecule has 3 atom stereocenters. The molecule has 0 amide bonds. The zero-order valence-corrected chi connectivity index (χ0v) is 12.2. The summed E-state index contributed by atoms with van der Waals surface area (Å²) in [5.41, 5.74) is 0. The summed E-state index contributed by atoms with van der Waals surface area (Å²) >= 11 is 5.90. The molecule has 0 aromatic carbocycles. The van der Waals surface area contributed by atoms with Gasteiger partial charge < -0.3 is 4.74 Å². The van der Waals surface area contributed by atoms with Gasteiger partial charge in [0, 0.05) is 12.3 Å². The van der Waals surface area contributed by atoms with Crippen molar-refractivity contribution >= 4 is 11.6 Å². The van der Waals surface area contributed by atoms with E-state index in [4.69, 9.17) is 16.3 Å². The molecule has 1 saturated carbocycles. The fraction of sp³-hybridized carbons (Fsp3) is 0.667. The monoisotopic (exact) mass is 267 g/mol. The molecule has 1 aromatic rings. The van der Waals surface area contributed by atoms with Gasteiger partial charge in [-0.1, -0.05) is 38.8 Å². The first kappa shape index (κ1) is 13.7. The van der Waals surface area contributed by atoms with Crippen LogP contribution in [-0.2, 0) is 0 Å². The van der Waals surface area contributed by atoms with Gasteiger partial charge >= 0.3 is 0 Å². The van der Waals surface area contributed by atoms with Crippen LogP contribution in [0.2, 0.25) is 5.15 Å². The number of halogens is 1. The fourth-order valence-corrected chi connectivity index (χ4v) is 3.05. The lowest BCUT2D eigenvalue weighted by Crippen LogP contribution is -2.36. The summed E-state index contributed by atoms with van der Waals surface area (Å²) in [7, 11) is 0. The molecule has 100 valence electrons. The van der Waals surface area contributed by atoms with E-state index >= 15 is 0 Å². The van der Waals surface area contributed by atoms with Gasteiger partial charge in [-0.3, -0.25) is 0 Å². The molecule has 1 aliphatic carbocycles. The van der Waals surface area contributed by atoms with Crippen molar-refractivity contribution in [2.24, 2.45) is 17.8 Å². The number of hydrogen-bond acceptors (Lipinski definition) is 2. The maximum atomic E-state index is 6.16. The molecule has 1 fully saturated rings. The van der Waals surface area contributed by atoms with Crippen molar-refractivity contribution < 1.29 is 4.74 Å². The zero-order valence-electron chi connectivity index (χ0n) is 11.4. The standard InChI is InChI=1S/C15H22ClNO/c1-10(2)13-5-4-11(3)8-14(13)18-12-6-7-17-15(16)9-12/h6-7,9-11,13-14H,4-5,8H2,1-3H3. The van der Waals surface area contributed by atoms with E-state index in [-0.39, 0.29) is 0 Å². The normalized spacial score (nSPS) is 28.4. The minimum atomic E-state index is 0.312. The molecule has 0 saturated heterocycles. The van der Waals surface area contributed by atoms with Crippen LogP contribution in [0.4, 0.5) is 0 Å². The predicted octanol–water partition coefficient (Wildman–Crippen LogP) is 4.57. The van der Waals surface area contributed by atoms with E-state index in [1.165, 1.54) is 12.8 Å². The van der Waals surface area contributed by atoms with Gasteiger partial charge in [-0.05, 0) is 36.7 Å². The molecule has 0 aliphatic heterocycles. The van der Waals surface area contributed by atoms with E-state index in [1.807, 2.05) is 6.07 Å². The summed E-state index contributed by atoms with van der Waals surface area (Å²) in [5, 5.41) is 0.498. The third-order valence-corrected chi connectivity index (χ3v) is 4.15. The second-order valence-electron chi connectivity index (χ2n) is 5.80. The van der Waals surface area contributed by atoms with Gasteiger partial charge in [0.1, 0.15) is 17.0 Å². The van der Waals surface area contributed by atoms with Crippen LogP contribution in [0.5, 0.6) is 5.75 Å². The van der Waals surface area contributed by atoms with Crippen LogP contribution in [-0.4, -0.2) is 11.1 Å². The Morgan fingerprint density at radius 1 is 1.39 bits per heavy atom. The lowest BCUT2D eigenvalue weighted by molar-refractivity contribution is 0.0460. The first-order valence-electron chi connectivity index (χ1n) is 6.84. The Kier molecular flexibility index (Phi) is 4.50. The van der Waals surface area contributed by atoms with Crippen LogP contribution in [0.15, 0.2) is 18.3 Å². The molecule has 2 rings (SSSR count). The van der Waals surface area contributed by atoms with E-state index in [2.05, 4.69) is 25.8 Å². The summed E-state index contributed by atoms with van der Waals surface area (Å²) in [6.45, 7) is 6.89. The number of ether oxygens (including phenoxy) is 1. The highest BCUT2D eigenvalue weighted by atomic mass is 35.5. The largest absolute Gasteiger partial charge is 0.490 e. The Bertz CT molecular complexity index is 394. The summed E-state index contributed by atoms with van der Waals surface area (Å²) in [6, 6.07) is 3.70. The van der Waals surface area contributed by atoms with Crippen molar-refractivity contribution in [3.63, 3.8) is 0 Å². The molecule has 2 nitrogen and oxygen atoms in total. The van der Waals surface area contributed by atoms with Gasteiger partial charge in [0.25, 0.3) is 0 Å². The Balaban J connectivity index is 2.08. The van der Waals surface area contributed by atoms with Crippen LogP contribution in [0.25, 0.3) is 0 Å². The van der Waals surface area contributed by atoms with Crippen molar-refractivity contribution in [3.05, 3.63) is 23.5 Å².